The number of nitrogens with zero attached hydrogens (tertiary/aromatic N) is 6. The molecule has 1 unspecified atom stereocenters. The van der Waals surface area contributed by atoms with Gasteiger partial charge in [0.2, 0.25) is 11.8 Å². The zero-order chi connectivity index (χ0) is 32.9. The van der Waals surface area contributed by atoms with Gasteiger partial charge >= 0.3 is 0 Å². The molecule has 47 heavy (non-hydrogen) atoms. The Kier molecular flexibility index (Phi) is 9.53. The standard InChI is InChI=1S/C36H39FN8O2/c1-3-45(30-12-13-32-31(20-30)34(42-41-32)26-8-10-29(37)11-9-26)36(47)28-14-17-43(21-28)22-33(46)44-18-15-25(16-19-44)24-4-6-27(7-5-24)35(38)40-23-39-2/h4-13,15,20,23,28H,3,14,16-19,21-22H2,1-2H3,(H,41,42)(H2,38,39,40). The first-order chi connectivity index (χ1) is 22.8. The summed E-state index contributed by atoms with van der Waals surface area (Å²) in [4.78, 5) is 40.7. The Balaban J connectivity index is 1.05. The second-order valence-corrected chi connectivity index (χ2v) is 11.9. The van der Waals surface area contributed by atoms with E-state index < -0.39 is 0 Å². The van der Waals surface area contributed by atoms with Gasteiger partial charge in [-0.3, -0.25) is 24.6 Å². The first kappa shape index (κ1) is 31.8. The van der Waals surface area contributed by atoms with Crippen LogP contribution in [0.4, 0.5) is 10.1 Å². The molecule has 0 saturated carbocycles. The molecule has 3 N–H and O–H groups in total. The number of hydrogen-bond donors (Lipinski definition) is 2. The second-order valence-electron chi connectivity index (χ2n) is 11.9. The Morgan fingerprint density at radius 3 is 2.55 bits per heavy atom. The van der Waals surface area contributed by atoms with Crippen LogP contribution in [0.1, 0.15) is 30.9 Å². The Hall–Kier alpha value is -5.16. The van der Waals surface area contributed by atoms with Crippen molar-refractivity contribution < 1.29 is 14.0 Å². The number of aromatic nitrogens is 2. The van der Waals surface area contributed by atoms with Gasteiger partial charge in [-0.15, -0.1) is 0 Å². The number of aliphatic imine (C=N–C) groups is 2. The summed E-state index contributed by atoms with van der Waals surface area (Å²) >= 11 is 0. The van der Waals surface area contributed by atoms with Gasteiger partial charge in [-0.1, -0.05) is 30.3 Å². The molecule has 0 bridgehead atoms. The minimum Gasteiger partial charge on any atom is -0.383 e. The van der Waals surface area contributed by atoms with Crippen LogP contribution in [0.3, 0.4) is 0 Å². The van der Waals surface area contributed by atoms with E-state index in [1.807, 2.05) is 54.3 Å². The molecule has 3 aromatic carbocycles. The maximum Gasteiger partial charge on any atom is 0.237 e. The van der Waals surface area contributed by atoms with E-state index >= 15 is 0 Å². The topological polar surface area (TPSA) is 123 Å². The summed E-state index contributed by atoms with van der Waals surface area (Å²) in [5.74, 6) is 0.0509. The summed E-state index contributed by atoms with van der Waals surface area (Å²) in [6.45, 7) is 5.25. The molecule has 0 spiro atoms. The number of halogens is 1. The number of aromatic amines is 1. The quantitative estimate of drug-likeness (QED) is 0.204. The Bertz CT molecular complexity index is 1850. The zero-order valence-electron chi connectivity index (χ0n) is 26.7. The van der Waals surface area contributed by atoms with Crippen LogP contribution in [-0.2, 0) is 9.59 Å². The lowest BCUT2D eigenvalue weighted by Crippen LogP contribution is -2.42. The number of H-pyrrole nitrogens is 1. The molecule has 0 radical (unpaired) electrons. The summed E-state index contributed by atoms with van der Waals surface area (Å²) in [6, 6.07) is 20.0. The number of nitrogens with two attached hydrogens (primary N) is 1. The lowest BCUT2D eigenvalue weighted by molar-refractivity contribution is -0.132. The summed E-state index contributed by atoms with van der Waals surface area (Å²) < 4.78 is 13.5. The molecular weight excluding hydrogens is 595 g/mol. The van der Waals surface area contributed by atoms with Crippen LogP contribution in [0, 0.1) is 11.7 Å². The third-order valence-corrected chi connectivity index (χ3v) is 8.96. The molecule has 2 aliphatic heterocycles. The second kappa shape index (κ2) is 14.1. The average Bonchev–Trinajstić information content (AvgIpc) is 3.75. The smallest absolute Gasteiger partial charge is 0.237 e. The van der Waals surface area contributed by atoms with Crippen molar-refractivity contribution in [3.05, 3.63) is 89.8 Å². The van der Waals surface area contributed by atoms with Crippen molar-refractivity contribution in [2.24, 2.45) is 21.6 Å². The molecule has 6 rings (SSSR count). The fraction of sp³-hybridized carbons (Fsp3) is 0.306. The van der Waals surface area contributed by atoms with Crippen molar-refractivity contribution in [1.29, 1.82) is 0 Å². The number of rotatable bonds is 9. The summed E-state index contributed by atoms with van der Waals surface area (Å²) in [5.41, 5.74) is 12.3. The van der Waals surface area contributed by atoms with Crippen molar-refractivity contribution in [1.82, 2.24) is 20.0 Å². The van der Waals surface area contributed by atoms with E-state index in [0.29, 0.717) is 57.2 Å². The number of fused-ring (bicyclic) bond motifs is 1. The Morgan fingerprint density at radius 1 is 1.09 bits per heavy atom. The molecule has 1 fully saturated rings. The highest BCUT2D eigenvalue weighted by molar-refractivity contribution is 6.02. The van der Waals surface area contributed by atoms with E-state index in [1.165, 1.54) is 24.0 Å². The van der Waals surface area contributed by atoms with Crippen molar-refractivity contribution >= 4 is 46.2 Å². The van der Waals surface area contributed by atoms with E-state index in [0.717, 1.165) is 39.7 Å². The van der Waals surface area contributed by atoms with E-state index in [1.54, 1.807) is 24.1 Å². The van der Waals surface area contributed by atoms with Crippen LogP contribution in [0.2, 0.25) is 0 Å². The number of carbonyl (C=O) groups excluding carboxylic acids is 2. The first-order valence-electron chi connectivity index (χ1n) is 15.9. The van der Waals surface area contributed by atoms with Crippen molar-refractivity contribution in [2.45, 2.75) is 19.8 Å². The fourth-order valence-electron chi connectivity index (χ4n) is 6.36. The molecule has 11 heteroatoms. The SMILES string of the molecule is CCN(C(=O)C1CCN(CC(=O)N2CC=C(c3ccc(C(N)=NC=NC)cc3)CC2)C1)c1ccc2[nH]nc(-c3ccc(F)cc3)c2c1. The number of hydrogen-bond acceptors (Lipinski definition) is 5. The van der Waals surface area contributed by atoms with Gasteiger partial charge in [0.05, 0.1) is 23.7 Å². The molecule has 0 aliphatic carbocycles. The molecule has 1 aromatic heterocycles. The molecule has 2 amide bonds. The van der Waals surface area contributed by atoms with Crippen molar-refractivity contribution in [3.8, 4) is 11.3 Å². The number of likely N-dealkylation sites (tertiary alicyclic amines) is 1. The van der Waals surface area contributed by atoms with Gasteiger partial charge in [0, 0.05) is 55.4 Å². The third kappa shape index (κ3) is 7.00. The summed E-state index contributed by atoms with van der Waals surface area (Å²) in [6.07, 6.45) is 5.02. The molecule has 2 aliphatic rings. The summed E-state index contributed by atoms with van der Waals surface area (Å²) in [5, 5.41) is 8.35. The van der Waals surface area contributed by atoms with Gasteiger partial charge in [-0.05, 0) is 79.9 Å². The van der Waals surface area contributed by atoms with Gasteiger partial charge < -0.3 is 15.5 Å². The number of nitrogens with one attached hydrogen (secondary N) is 1. The van der Waals surface area contributed by atoms with Crippen molar-refractivity contribution in [2.75, 3.05) is 51.2 Å². The monoisotopic (exact) mass is 634 g/mol. The number of amides is 2. The Labute approximate surface area is 273 Å². The minimum absolute atomic E-state index is 0.0525. The zero-order valence-corrected chi connectivity index (χ0v) is 26.7. The number of benzene rings is 3. The Morgan fingerprint density at radius 2 is 1.85 bits per heavy atom. The molecule has 242 valence electrons. The third-order valence-electron chi connectivity index (χ3n) is 8.96. The van der Waals surface area contributed by atoms with E-state index in [4.69, 9.17) is 5.73 Å². The highest BCUT2D eigenvalue weighted by Crippen LogP contribution is 2.31. The number of anilines is 1. The van der Waals surface area contributed by atoms with Crippen LogP contribution in [0.5, 0.6) is 0 Å². The molecule has 10 nitrogen and oxygen atoms in total. The van der Waals surface area contributed by atoms with Crippen LogP contribution >= 0.6 is 0 Å². The summed E-state index contributed by atoms with van der Waals surface area (Å²) in [7, 11) is 1.65. The lowest BCUT2D eigenvalue weighted by atomic mass is 9.98. The predicted molar refractivity (Wildman–Crippen MR) is 185 cm³/mol. The van der Waals surface area contributed by atoms with Gasteiger partial charge in [0.1, 0.15) is 18.0 Å². The molecule has 1 atom stereocenters. The molecule has 1 saturated heterocycles. The highest BCUT2D eigenvalue weighted by Gasteiger charge is 2.33. The highest BCUT2D eigenvalue weighted by atomic mass is 19.1. The van der Waals surface area contributed by atoms with E-state index in [9.17, 15) is 14.0 Å². The maximum atomic E-state index is 13.8. The fourth-order valence-corrected chi connectivity index (χ4v) is 6.36. The van der Waals surface area contributed by atoms with E-state index in [-0.39, 0.29) is 23.5 Å². The minimum atomic E-state index is -0.305. The number of carbonyl (C=O) groups is 2. The molecule has 3 heterocycles. The van der Waals surface area contributed by atoms with Crippen LogP contribution in [0.15, 0.2) is 82.8 Å². The van der Waals surface area contributed by atoms with Crippen LogP contribution in [0.25, 0.3) is 27.7 Å². The molecular formula is C36H39FN8O2. The number of amidine groups is 1. The van der Waals surface area contributed by atoms with Gasteiger partial charge in [-0.25, -0.2) is 9.38 Å². The average molecular weight is 635 g/mol. The lowest BCUT2D eigenvalue weighted by Gasteiger charge is -2.29. The van der Waals surface area contributed by atoms with Gasteiger partial charge in [0.15, 0.2) is 0 Å². The van der Waals surface area contributed by atoms with Crippen molar-refractivity contribution in [3.63, 3.8) is 0 Å². The van der Waals surface area contributed by atoms with Crippen LogP contribution < -0.4 is 10.6 Å². The van der Waals surface area contributed by atoms with Gasteiger partial charge in [-0.2, -0.15) is 5.10 Å². The first-order valence-corrected chi connectivity index (χ1v) is 15.9. The van der Waals surface area contributed by atoms with Gasteiger partial charge in [0.25, 0.3) is 0 Å². The van der Waals surface area contributed by atoms with Crippen LogP contribution in [-0.4, -0.2) is 90.3 Å². The normalized spacial score (nSPS) is 17.4. The maximum absolute atomic E-state index is 13.8. The molecule has 4 aromatic rings. The van der Waals surface area contributed by atoms with E-state index in [2.05, 4.69) is 31.2 Å². The largest absolute Gasteiger partial charge is 0.383 e. The predicted octanol–water partition coefficient (Wildman–Crippen LogP) is 4.72.